The summed E-state index contributed by atoms with van der Waals surface area (Å²) in [6.07, 6.45) is 1.55. The zero-order valence-electron chi connectivity index (χ0n) is 16.5. The van der Waals surface area contributed by atoms with Gasteiger partial charge in [0.25, 0.3) is 0 Å². The quantitative estimate of drug-likeness (QED) is 0.374. The molecule has 0 atom stereocenters. The smallest absolute Gasteiger partial charge is 0.338 e. The number of hydrogen-bond acceptors (Lipinski definition) is 3. The molecule has 5 heteroatoms. The van der Waals surface area contributed by atoms with Gasteiger partial charge in [0, 0.05) is 13.5 Å². The molecule has 0 bridgehead atoms. The van der Waals surface area contributed by atoms with Gasteiger partial charge in [-0.25, -0.2) is 10.6 Å². The Hall–Kier alpha value is -3.44. The normalized spacial score (nSPS) is 10.4. The van der Waals surface area contributed by atoms with Crippen molar-refractivity contribution in [1.82, 2.24) is 10.3 Å². The first kappa shape index (κ1) is 20.3. The number of nitrogens with one attached hydrogen (secondary N) is 1. The van der Waals surface area contributed by atoms with E-state index in [4.69, 9.17) is 5.84 Å². The third kappa shape index (κ3) is 5.09. The molecule has 0 unspecified atom stereocenters. The van der Waals surface area contributed by atoms with E-state index in [0.29, 0.717) is 11.4 Å². The third-order valence-corrected chi connectivity index (χ3v) is 4.86. The van der Waals surface area contributed by atoms with Gasteiger partial charge < -0.3 is 5.32 Å². The van der Waals surface area contributed by atoms with Gasteiger partial charge in [-0.15, -0.1) is 0 Å². The van der Waals surface area contributed by atoms with Crippen molar-refractivity contribution in [3.8, 4) is 22.3 Å². The standard InChI is InChI=1S/C24H25N3O2/c1-26-24(29)27(25)23(28)13-7-11-20-10-5-6-12-22(20)21-16-14-19(15-17-21)18-8-3-2-4-9-18/h2-6,8-10,12,14-17H,7,11,13,25H2,1H3,(H,26,29). The van der Waals surface area contributed by atoms with Crippen molar-refractivity contribution >= 4 is 11.9 Å². The van der Waals surface area contributed by atoms with Gasteiger partial charge in [0.2, 0.25) is 5.91 Å². The number of nitrogens with zero attached hydrogens (tertiary/aromatic N) is 1. The molecule has 3 N–H and O–H groups in total. The molecular formula is C24H25N3O2. The molecule has 148 valence electrons. The molecule has 3 aromatic rings. The molecule has 29 heavy (non-hydrogen) atoms. The predicted octanol–water partition coefficient (Wildman–Crippen LogP) is 4.39. The van der Waals surface area contributed by atoms with Gasteiger partial charge in [-0.2, -0.15) is 5.01 Å². The lowest BCUT2D eigenvalue weighted by molar-refractivity contribution is -0.128. The molecule has 0 aliphatic heterocycles. The number of benzene rings is 3. The number of urea groups is 1. The molecule has 0 aromatic heterocycles. The van der Waals surface area contributed by atoms with Crippen molar-refractivity contribution in [3.63, 3.8) is 0 Å². The van der Waals surface area contributed by atoms with E-state index in [0.717, 1.165) is 23.1 Å². The maximum Gasteiger partial charge on any atom is 0.338 e. The van der Waals surface area contributed by atoms with E-state index in [2.05, 4.69) is 53.8 Å². The van der Waals surface area contributed by atoms with Crippen LogP contribution in [0.1, 0.15) is 18.4 Å². The Kier molecular flexibility index (Phi) is 6.76. The summed E-state index contributed by atoms with van der Waals surface area (Å²) in [6.45, 7) is 0. The van der Waals surface area contributed by atoms with E-state index in [-0.39, 0.29) is 6.42 Å². The number of hydrogen-bond donors (Lipinski definition) is 2. The zero-order chi connectivity index (χ0) is 20.6. The highest BCUT2D eigenvalue weighted by Gasteiger charge is 2.16. The van der Waals surface area contributed by atoms with Crippen LogP contribution in [0.3, 0.4) is 0 Å². The fourth-order valence-corrected chi connectivity index (χ4v) is 3.28. The Morgan fingerprint density at radius 1 is 0.828 bits per heavy atom. The molecule has 0 saturated heterocycles. The number of imide groups is 1. The highest BCUT2D eigenvalue weighted by Crippen LogP contribution is 2.28. The summed E-state index contributed by atoms with van der Waals surface area (Å²) in [5, 5.41) is 2.97. The molecule has 0 aliphatic carbocycles. The maximum absolute atomic E-state index is 12.0. The van der Waals surface area contributed by atoms with Gasteiger partial charge in [0.05, 0.1) is 0 Å². The van der Waals surface area contributed by atoms with E-state index in [9.17, 15) is 9.59 Å². The van der Waals surface area contributed by atoms with E-state index in [1.54, 1.807) is 0 Å². The second-order valence-electron chi connectivity index (χ2n) is 6.77. The topological polar surface area (TPSA) is 75.4 Å². The first-order valence-electron chi connectivity index (χ1n) is 9.63. The molecular weight excluding hydrogens is 362 g/mol. The number of carbonyl (C=O) groups excluding carboxylic acids is 2. The summed E-state index contributed by atoms with van der Waals surface area (Å²) < 4.78 is 0. The lowest BCUT2D eigenvalue weighted by atomic mass is 9.94. The number of hydrazine groups is 1. The monoisotopic (exact) mass is 387 g/mol. The van der Waals surface area contributed by atoms with Crippen LogP contribution in [0.25, 0.3) is 22.3 Å². The number of nitrogens with two attached hydrogens (primary N) is 1. The van der Waals surface area contributed by atoms with Crippen LogP contribution in [0.15, 0.2) is 78.9 Å². The Labute approximate surface area is 171 Å². The molecule has 0 heterocycles. The summed E-state index contributed by atoms with van der Waals surface area (Å²) in [7, 11) is 1.44. The van der Waals surface area contributed by atoms with Crippen molar-refractivity contribution in [3.05, 3.63) is 84.4 Å². The van der Waals surface area contributed by atoms with Crippen LogP contribution in [-0.4, -0.2) is 24.0 Å². The van der Waals surface area contributed by atoms with E-state index in [1.807, 2.05) is 30.3 Å². The van der Waals surface area contributed by atoms with Crippen molar-refractivity contribution in [2.75, 3.05) is 7.05 Å². The number of aryl methyl sites for hydroxylation is 1. The molecule has 0 saturated carbocycles. The molecule has 0 aliphatic rings. The Balaban J connectivity index is 1.69. The second kappa shape index (κ2) is 9.66. The van der Waals surface area contributed by atoms with Crippen molar-refractivity contribution < 1.29 is 9.59 Å². The van der Waals surface area contributed by atoms with Crippen LogP contribution in [0.5, 0.6) is 0 Å². The van der Waals surface area contributed by atoms with Crippen molar-refractivity contribution in [2.24, 2.45) is 5.84 Å². The minimum absolute atomic E-state index is 0.213. The Morgan fingerprint density at radius 2 is 1.41 bits per heavy atom. The van der Waals surface area contributed by atoms with Gasteiger partial charge in [0.1, 0.15) is 0 Å². The predicted molar refractivity (Wildman–Crippen MR) is 116 cm³/mol. The summed E-state index contributed by atoms with van der Waals surface area (Å²) in [6, 6.07) is 26.4. The summed E-state index contributed by atoms with van der Waals surface area (Å²) in [5.41, 5.74) is 5.81. The van der Waals surface area contributed by atoms with Crippen LogP contribution in [-0.2, 0) is 11.2 Å². The van der Waals surface area contributed by atoms with Crippen LogP contribution in [0.4, 0.5) is 4.79 Å². The third-order valence-electron chi connectivity index (χ3n) is 4.86. The molecule has 3 rings (SSSR count). The second-order valence-corrected chi connectivity index (χ2v) is 6.77. The fraction of sp³-hybridized carbons (Fsp3) is 0.167. The minimum atomic E-state index is -0.603. The molecule has 3 amide bonds. The lowest BCUT2D eigenvalue weighted by Gasteiger charge is -2.14. The average Bonchev–Trinajstić information content (AvgIpc) is 2.79. The lowest BCUT2D eigenvalue weighted by Crippen LogP contribution is -2.47. The van der Waals surface area contributed by atoms with E-state index >= 15 is 0 Å². The highest BCUT2D eigenvalue weighted by molar-refractivity contribution is 5.93. The number of rotatable bonds is 6. The van der Waals surface area contributed by atoms with Crippen LogP contribution < -0.4 is 11.2 Å². The Morgan fingerprint density at radius 3 is 2.10 bits per heavy atom. The van der Waals surface area contributed by atoms with Gasteiger partial charge >= 0.3 is 6.03 Å². The minimum Gasteiger partial charge on any atom is -0.340 e. The first-order chi connectivity index (χ1) is 14.1. The van der Waals surface area contributed by atoms with Crippen molar-refractivity contribution in [1.29, 1.82) is 0 Å². The van der Waals surface area contributed by atoms with Crippen molar-refractivity contribution in [2.45, 2.75) is 19.3 Å². The summed E-state index contributed by atoms with van der Waals surface area (Å²) in [4.78, 5) is 23.4. The maximum atomic E-state index is 12.0. The molecule has 0 radical (unpaired) electrons. The molecule has 0 spiro atoms. The Bertz CT molecular complexity index is 969. The van der Waals surface area contributed by atoms with E-state index in [1.165, 1.54) is 18.2 Å². The van der Waals surface area contributed by atoms with Gasteiger partial charge in [-0.3, -0.25) is 4.79 Å². The summed E-state index contributed by atoms with van der Waals surface area (Å²) in [5.74, 6) is 5.11. The van der Waals surface area contributed by atoms with Gasteiger partial charge in [-0.1, -0.05) is 78.9 Å². The van der Waals surface area contributed by atoms with Crippen LogP contribution in [0, 0.1) is 0 Å². The van der Waals surface area contributed by atoms with Gasteiger partial charge in [-0.05, 0) is 40.7 Å². The summed E-state index contributed by atoms with van der Waals surface area (Å²) >= 11 is 0. The highest BCUT2D eigenvalue weighted by atomic mass is 16.2. The van der Waals surface area contributed by atoms with E-state index < -0.39 is 11.9 Å². The van der Waals surface area contributed by atoms with Crippen LogP contribution in [0.2, 0.25) is 0 Å². The first-order valence-corrected chi connectivity index (χ1v) is 9.63. The fourth-order valence-electron chi connectivity index (χ4n) is 3.28. The SMILES string of the molecule is CNC(=O)N(N)C(=O)CCCc1ccccc1-c1ccc(-c2ccccc2)cc1. The van der Waals surface area contributed by atoms with Gasteiger partial charge in [0.15, 0.2) is 0 Å². The van der Waals surface area contributed by atoms with Crippen LogP contribution >= 0.6 is 0 Å². The molecule has 0 fully saturated rings. The number of carbonyl (C=O) groups is 2. The molecule has 5 nitrogen and oxygen atoms in total. The average molecular weight is 387 g/mol. The molecule has 3 aromatic carbocycles. The number of amides is 3. The largest absolute Gasteiger partial charge is 0.340 e. The zero-order valence-corrected chi connectivity index (χ0v) is 16.5.